The number of esters is 1. The average Bonchev–Trinajstić information content (AvgIpc) is 1.81. The molecular weight excluding hydrogens is 156 g/mol. The van der Waals surface area contributed by atoms with E-state index in [1.165, 1.54) is 6.92 Å². The third-order valence-electron chi connectivity index (χ3n) is 1.18. The van der Waals surface area contributed by atoms with Crippen molar-refractivity contribution < 1.29 is 14.3 Å². The van der Waals surface area contributed by atoms with Gasteiger partial charge < -0.3 is 9.47 Å². The Kier molecular flexibility index (Phi) is 4.24. The zero-order chi connectivity index (χ0) is 9.78. The Morgan fingerprint density at radius 3 is 2.25 bits per heavy atom. The average molecular weight is 174 g/mol. The van der Waals surface area contributed by atoms with Crippen molar-refractivity contribution in [3.63, 3.8) is 0 Å². The number of ether oxygens (including phenoxy) is 2. The summed E-state index contributed by atoms with van der Waals surface area (Å²) in [6.07, 6.45) is 0.149. The van der Waals surface area contributed by atoms with Crippen LogP contribution in [0.2, 0.25) is 0 Å². The van der Waals surface area contributed by atoms with E-state index >= 15 is 0 Å². The fourth-order valence-electron chi connectivity index (χ4n) is 0.948. The van der Waals surface area contributed by atoms with E-state index in [2.05, 4.69) is 0 Å². The highest BCUT2D eigenvalue weighted by Crippen LogP contribution is 2.12. The summed E-state index contributed by atoms with van der Waals surface area (Å²) >= 11 is 0. The Morgan fingerprint density at radius 1 is 1.42 bits per heavy atom. The van der Waals surface area contributed by atoms with Crippen molar-refractivity contribution in [3.8, 4) is 0 Å². The lowest BCUT2D eigenvalue weighted by molar-refractivity contribution is -0.153. The number of carbonyl (C=O) groups excluding carboxylic acids is 1. The zero-order valence-electron chi connectivity index (χ0n) is 8.51. The maximum Gasteiger partial charge on any atom is 0.302 e. The highest BCUT2D eigenvalue weighted by molar-refractivity contribution is 5.65. The lowest BCUT2D eigenvalue weighted by Gasteiger charge is -2.26. The summed E-state index contributed by atoms with van der Waals surface area (Å²) in [7, 11) is 0. The number of carbonyl (C=O) groups is 1. The van der Waals surface area contributed by atoms with Gasteiger partial charge in [-0.15, -0.1) is 0 Å². The highest BCUT2D eigenvalue weighted by Gasteiger charge is 2.21. The molecule has 0 rings (SSSR count). The first kappa shape index (κ1) is 11.4. The van der Waals surface area contributed by atoms with Gasteiger partial charge in [0.2, 0.25) is 0 Å². The summed E-state index contributed by atoms with van der Waals surface area (Å²) in [4.78, 5) is 10.5. The fourth-order valence-corrected chi connectivity index (χ4v) is 0.948. The largest absolute Gasteiger partial charge is 0.463 e. The lowest BCUT2D eigenvalue weighted by Crippen LogP contribution is -2.34. The summed E-state index contributed by atoms with van der Waals surface area (Å²) in [5.41, 5.74) is -0.389. The molecule has 3 heteroatoms. The molecule has 72 valence electrons. The molecule has 0 heterocycles. The molecule has 0 atom stereocenters. The SMILES string of the molecule is CC(=O)OCC(C)(C)OC(C)C. The highest BCUT2D eigenvalue weighted by atomic mass is 16.6. The molecule has 0 amide bonds. The minimum Gasteiger partial charge on any atom is -0.463 e. The number of rotatable bonds is 4. The van der Waals surface area contributed by atoms with Crippen molar-refractivity contribution in [1.29, 1.82) is 0 Å². The van der Waals surface area contributed by atoms with Crippen LogP contribution in [0, 0.1) is 0 Å². The van der Waals surface area contributed by atoms with Crippen molar-refractivity contribution in [3.05, 3.63) is 0 Å². The molecule has 3 nitrogen and oxygen atoms in total. The lowest BCUT2D eigenvalue weighted by atomic mass is 10.1. The van der Waals surface area contributed by atoms with E-state index in [0.717, 1.165) is 0 Å². The first-order chi connectivity index (χ1) is 5.33. The van der Waals surface area contributed by atoms with Crippen molar-refractivity contribution in [2.45, 2.75) is 46.3 Å². The molecule has 0 aromatic carbocycles. The Morgan fingerprint density at radius 2 is 1.92 bits per heavy atom. The summed E-state index contributed by atoms with van der Waals surface area (Å²) < 4.78 is 10.4. The third kappa shape index (κ3) is 6.16. The van der Waals surface area contributed by atoms with Crippen LogP contribution in [0.1, 0.15) is 34.6 Å². The van der Waals surface area contributed by atoms with Crippen molar-refractivity contribution in [2.24, 2.45) is 0 Å². The summed E-state index contributed by atoms with van der Waals surface area (Å²) in [6, 6.07) is 0. The molecule has 0 fully saturated rings. The molecule has 0 aliphatic rings. The quantitative estimate of drug-likeness (QED) is 0.609. The summed E-state index contributed by atoms with van der Waals surface area (Å²) in [5.74, 6) is -0.268. The van der Waals surface area contributed by atoms with Gasteiger partial charge in [0.05, 0.1) is 11.7 Å². The Balaban J connectivity index is 3.78. The van der Waals surface area contributed by atoms with Gasteiger partial charge >= 0.3 is 5.97 Å². The van der Waals surface area contributed by atoms with Crippen LogP contribution in [0.15, 0.2) is 0 Å². The second-order valence-corrected chi connectivity index (χ2v) is 3.71. The molecular formula is C9H18O3. The predicted molar refractivity (Wildman–Crippen MR) is 46.9 cm³/mol. The maximum atomic E-state index is 10.5. The van der Waals surface area contributed by atoms with Crippen LogP contribution in [-0.4, -0.2) is 24.3 Å². The van der Waals surface area contributed by atoms with Crippen LogP contribution in [-0.2, 0) is 14.3 Å². The van der Waals surface area contributed by atoms with Gasteiger partial charge in [-0.05, 0) is 27.7 Å². The minimum atomic E-state index is -0.389. The maximum absolute atomic E-state index is 10.5. The molecule has 0 bridgehead atoms. The molecule has 0 radical (unpaired) electrons. The second-order valence-electron chi connectivity index (χ2n) is 3.71. The zero-order valence-corrected chi connectivity index (χ0v) is 8.51. The molecule has 0 aromatic rings. The molecule has 0 saturated heterocycles. The molecule has 0 saturated carbocycles. The van der Waals surface area contributed by atoms with Crippen molar-refractivity contribution in [1.82, 2.24) is 0 Å². The van der Waals surface area contributed by atoms with Gasteiger partial charge in [0.25, 0.3) is 0 Å². The minimum absolute atomic E-state index is 0.149. The van der Waals surface area contributed by atoms with Gasteiger partial charge in [0.15, 0.2) is 0 Å². The van der Waals surface area contributed by atoms with Crippen molar-refractivity contribution in [2.75, 3.05) is 6.61 Å². The monoisotopic (exact) mass is 174 g/mol. The van der Waals surface area contributed by atoms with Gasteiger partial charge in [-0.2, -0.15) is 0 Å². The molecule has 0 aromatic heterocycles. The van der Waals surface area contributed by atoms with Crippen LogP contribution in [0.3, 0.4) is 0 Å². The molecule has 12 heavy (non-hydrogen) atoms. The molecule has 0 unspecified atom stereocenters. The first-order valence-corrected chi connectivity index (χ1v) is 4.15. The molecule has 0 aliphatic carbocycles. The molecule has 0 N–H and O–H groups in total. The number of hydrogen-bond acceptors (Lipinski definition) is 3. The Hall–Kier alpha value is -0.570. The van der Waals surface area contributed by atoms with E-state index in [1.54, 1.807) is 0 Å². The third-order valence-corrected chi connectivity index (χ3v) is 1.18. The van der Waals surface area contributed by atoms with Gasteiger partial charge in [-0.3, -0.25) is 4.79 Å². The summed E-state index contributed by atoms with van der Waals surface area (Å²) in [5, 5.41) is 0. The van der Waals surface area contributed by atoms with Gasteiger partial charge in [0.1, 0.15) is 6.61 Å². The topological polar surface area (TPSA) is 35.5 Å². The van der Waals surface area contributed by atoms with Crippen LogP contribution in [0.25, 0.3) is 0 Å². The van der Waals surface area contributed by atoms with Crippen LogP contribution in [0.5, 0.6) is 0 Å². The van der Waals surface area contributed by atoms with E-state index in [1.807, 2.05) is 27.7 Å². The van der Waals surface area contributed by atoms with Gasteiger partial charge in [-0.1, -0.05) is 0 Å². The van der Waals surface area contributed by atoms with E-state index in [9.17, 15) is 4.79 Å². The van der Waals surface area contributed by atoms with Crippen LogP contribution < -0.4 is 0 Å². The smallest absolute Gasteiger partial charge is 0.302 e. The second kappa shape index (κ2) is 4.45. The Bertz CT molecular complexity index is 150. The van der Waals surface area contributed by atoms with Gasteiger partial charge in [0, 0.05) is 6.92 Å². The van der Waals surface area contributed by atoms with Crippen molar-refractivity contribution >= 4 is 5.97 Å². The van der Waals surface area contributed by atoms with E-state index in [0.29, 0.717) is 6.61 Å². The first-order valence-electron chi connectivity index (χ1n) is 4.15. The van der Waals surface area contributed by atoms with E-state index in [4.69, 9.17) is 9.47 Å². The van der Waals surface area contributed by atoms with Gasteiger partial charge in [-0.25, -0.2) is 0 Å². The van der Waals surface area contributed by atoms with E-state index in [-0.39, 0.29) is 17.7 Å². The van der Waals surface area contributed by atoms with Crippen LogP contribution >= 0.6 is 0 Å². The predicted octanol–water partition coefficient (Wildman–Crippen LogP) is 1.75. The van der Waals surface area contributed by atoms with Crippen LogP contribution in [0.4, 0.5) is 0 Å². The summed E-state index contributed by atoms with van der Waals surface area (Å²) in [6.45, 7) is 9.41. The molecule has 0 spiro atoms. The standard InChI is InChI=1S/C9H18O3/c1-7(2)12-9(4,5)6-11-8(3)10/h7H,6H2,1-5H3. The van der Waals surface area contributed by atoms with E-state index < -0.39 is 0 Å². The molecule has 0 aliphatic heterocycles. The number of hydrogen-bond donors (Lipinski definition) is 0. The normalized spacial score (nSPS) is 11.8. The Labute approximate surface area is 74.0 Å². The fraction of sp³-hybridized carbons (Fsp3) is 0.889.